The lowest BCUT2D eigenvalue weighted by molar-refractivity contribution is 0.255. The highest BCUT2D eigenvalue weighted by Gasteiger charge is 2.47. The molecule has 0 N–H and O–H groups in total. The van der Waals surface area contributed by atoms with E-state index >= 15 is 0 Å². The van der Waals surface area contributed by atoms with Gasteiger partial charge in [-0.05, 0) is 112 Å². The number of halogens is 1. The lowest BCUT2D eigenvalue weighted by Gasteiger charge is -2.42. The lowest BCUT2D eigenvalue weighted by Crippen LogP contribution is -2.42. The molecule has 0 bridgehead atoms. The summed E-state index contributed by atoms with van der Waals surface area (Å²) in [4.78, 5) is 5.29. The van der Waals surface area contributed by atoms with Crippen LogP contribution in [0.4, 0.5) is 10.1 Å². The molecule has 5 unspecified atom stereocenters. The van der Waals surface area contributed by atoms with Crippen molar-refractivity contribution in [1.82, 2.24) is 4.90 Å². The Kier molecular flexibility index (Phi) is 6.84. The van der Waals surface area contributed by atoms with E-state index in [-0.39, 0.29) is 29.4 Å². The molecular formula is C45H47FN2O. The Labute approximate surface area is 290 Å². The molecule has 49 heavy (non-hydrogen) atoms. The standard InChI is InChI=1S/C45H47FN2O/c1-45(2)37-13-6-3-10-32(37)33-24-22-31(27-38(33)45)47(41-15-9-17-43-44(41)35-12-5-8-16-42(35)49-43)30-23-25-40-36(26-30)34-11-4-7-14-39(34)48(40)29-20-18-28(46)19-21-29/h6-7,9,13-15,17-20,23,25-27,29,31,33,36,40H,3-5,8,10-12,16,21-22,24H2,1-2H3. The van der Waals surface area contributed by atoms with Crippen LogP contribution in [0.25, 0.3) is 11.0 Å². The molecule has 0 amide bonds. The van der Waals surface area contributed by atoms with Gasteiger partial charge < -0.3 is 14.2 Å². The fraction of sp³-hybridized carbons (Fsp3) is 0.422. The number of hydrogen-bond acceptors (Lipinski definition) is 3. The average Bonchev–Trinajstić information content (AvgIpc) is 3.75. The molecule has 8 aliphatic rings. The molecule has 10 rings (SSSR count). The van der Waals surface area contributed by atoms with Gasteiger partial charge in [0.2, 0.25) is 0 Å². The maximum Gasteiger partial charge on any atom is 0.136 e. The zero-order valence-corrected chi connectivity index (χ0v) is 28.9. The van der Waals surface area contributed by atoms with Gasteiger partial charge in [-0.1, -0.05) is 73.6 Å². The van der Waals surface area contributed by atoms with Gasteiger partial charge in [0.25, 0.3) is 0 Å². The highest BCUT2D eigenvalue weighted by atomic mass is 19.1. The minimum Gasteiger partial charge on any atom is -0.461 e. The Hall–Kier alpha value is -4.05. The predicted octanol–water partition coefficient (Wildman–Crippen LogP) is 11.0. The van der Waals surface area contributed by atoms with E-state index in [0.717, 1.165) is 37.7 Å². The number of hydrogen-bond donors (Lipinski definition) is 0. The molecule has 0 radical (unpaired) electrons. The van der Waals surface area contributed by atoms with E-state index in [1.807, 2.05) is 0 Å². The SMILES string of the molecule is CC1(C)C2=CC(N(C3=CC4C5=C(C=CCC5)N(C5C=CC(F)=CC5)C4C=C3)c3cccc4oc5c(c34)CCCC5)CCC2C2=C1C=CCC2. The Morgan fingerprint density at radius 1 is 0.898 bits per heavy atom. The number of aryl methyl sites for hydroxylation is 2. The van der Waals surface area contributed by atoms with E-state index in [2.05, 4.69) is 96.5 Å². The van der Waals surface area contributed by atoms with Crippen LogP contribution in [0.2, 0.25) is 0 Å². The minimum absolute atomic E-state index is 0.0610. The molecular weight excluding hydrogens is 604 g/mol. The van der Waals surface area contributed by atoms with Crippen molar-refractivity contribution in [2.75, 3.05) is 4.90 Å². The van der Waals surface area contributed by atoms with Crippen LogP contribution >= 0.6 is 0 Å². The van der Waals surface area contributed by atoms with Crippen molar-refractivity contribution in [1.29, 1.82) is 0 Å². The Morgan fingerprint density at radius 3 is 2.63 bits per heavy atom. The monoisotopic (exact) mass is 650 g/mol. The van der Waals surface area contributed by atoms with Crippen molar-refractivity contribution in [2.45, 2.75) is 103 Å². The normalized spacial score (nSPS) is 30.9. The number of allylic oxidation sites excluding steroid dienone is 10. The fourth-order valence-electron chi connectivity index (χ4n) is 10.9. The van der Waals surface area contributed by atoms with Gasteiger partial charge in [0.05, 0.1) is 23.8 Å². The maximum absolute atomic E-state index is 14.1. The van der Waals surface area contributed by atoms with E-state index < -0.39 is 0 Å². The second kappa shape index (κ2) is 11.2. The quantitative estimate of drug-likeness (QED) is 0.307. The van der Waals surface area contributed by atoms with Crippen LogP contribution in [0.5, 0.6) is 0 Å². The second-order valence-corrected chi connectivity index (χ2v) is 16.0. The van der Waals surface area contributed by atoms with Gasteiger partial charge in [0.1, 0.15) is 17.2 Å². The van der Waals surface area contributed by atoms with Gasteiger partial charge in [0.15, 0.2) is 0 Å². The van der Waals surface area contributed by atoms with Gasteiger partial charge in [-0.2, -0.15) is 0 Å². The Morgan fingerprint density at radius 2 is 1.76 bits per heavy atom. The summed E-state index contributed by atoms with van der Waals surface area (Å²) < 4.78 is 20.7. The number of benzene rings is 1. The van der Waals surface area contributed by atoms with Crippen molar-refractivity contribution < 1.29 is 8.81 Å². The zero-order chi connectivity index (χ0) is 32.9. The molecule has 0 saturated heterocycles. The Bertz CT molecular complexity index is 2040. The van der Waals surface area contributed by atoms with E-state index in [1.165, 1.54) is 65.9 Å². The Balaban J connectivity index is 1.11. The minimum atomic E-state index is -0.116. The number of furan rings is 1. The largest absolute Gasteiger partial charge is 0.461 e. The van der Waals surface area contributed by atoms with Crippen molar-refractivity contribution in [3.05, 3.63) is 136 Å². The third kappa shape index (κ3) is 4.51. The first kappa shape index (κ1) is 29.8. The molecule has 0 saturated carbocycles. The van der Waals surface area contributed by atoms with Crippen LogP contribution < -0.4 is 4.90 Å². The van der Waals surface area contributed by atoms with Gasteiger partial charge >= 0.3 is 0 Å². The lowest BCUT2D eigenvalue weighted by atomic mass is 9.74. The van der Waals surface area contributed by atoms with Crippen molar-refractivity contribution >= 4 is 16.7 Å². The maximum atomic E-state index is 14.1. The van der Waals surface area contributed by atoms with Crippen LogP contribution in [0.15, 0.2) is 129 Å². The summed E-state index contributed by atoms with van der Waals surface area (Å²) in [6.45, 7) is 4.93. The summed E-state index contributed by atoms with van der Waals surface area (Å²) in [5.74, 6) is 1.97. The molecule has 2 heterocycles. The zero-order valence-electron chi connectivity index (χ0n) is 28.9. The van der Waals surface area contributed by atoms with E-state index in [4.69, 9.17) is 4.42 Å². The first-order valence-electron chi connectivity index (χ1n) is 19.0. The first-order valence-corrected chi connectivity index (χ1v) is 19.0. The molecule has 1 aliphatic heterocycles. The third-order valence-electron chi connectivity index (χ3n) is 13.1. The van der Waals surface area contributed by atoms with Crippen LogP contribution in [-0.4, -0.2) is 23.0 Å². The molecule has 5 atom stereocenters. The second-order valence-electron chi connectivity index (χ2n) is 16.0. The summed E-state index contributed by atoms with van der Waals surface area (Å²) in [5.41, 5.74) is 12.9. The molecule has 2 aromatic rings. The van der Waals surface area contributed by atoms with Gasteiger partial charge in [0, 0.05) is 46.0 Å². The molecule has 1 aromatic heterocycles. The summed E-state index contributed by atoms with van der Waals surface area (Å²) >= 11 is 0. The highest BCUT2D eigenvalue weighted by molar-refractivity contribution is 5.96. The van der Waals surface area contributed by atoms with Crippen molar-refractivity contribution in [3.8, 4) is 0 Å². The predicted molar refractivity (Wildman–Crippen MR) is 198 cm³/mol. The van der Waals surface area contributed by atoms with Gasteiger partial charge in [-0.3, -0.25) is 0 Å². The van der Waals surface area contributed by atoms with Crippen LogP contribution in [0, 0.1) is 17.3 Å². The first-order chi connectivity index (χ1) is 24.0. The van der Waals surface area contributed by atoms with Crippen molar-refractivity contribution in [2.24, 2.45) is 17.3 Å². The molecule has 250 valence electrons. The van der Waals surface area contributed by atoms with Gasteiger partial charge in [-0.25, -0.2) is 4.39 Å². The molecule has 7 aliphatic carbocycles. The van der Waals surface area contributed by atoms with Gasteiger partial charge in [-0.15, -0.1) is 0 Å². The fourth-order valence-corrected chi connectivity index (χ4v) is 10.9. The summed E-state index contributed by atoms with van der Waals surface area (Å²) in [7, 11) is 0. The molecule has 3 nitrogen and oxygen atoms in total. The highest BCUT2D eigenvalue weighted by Crippen LogP contribution is 2.57. The molecule has 1 aromatic carbocycles. The topological polar surface area (TPSA) is 19.6 Å². The number of rotatable bonds is 4. The van der Waals surface area contributed by atoms with Crippen LogP contribution in [0.3, 0.4) is 0 Å². The third-order valence-corrected chi connectivity index (χ3v) is 13.1. The van der Waals surface area contributed by atoms with E-state index in [1.54, 1.807) is 34.4 Å². The van der Waals surface area contributed by atoms with Crippen LogP contribution in [0.1, 0.15) is 83.0 Å². The number of nitrogens with zero attached hydrogens (tertiary/aromatic N) is 2. The van der Waals surface area contributed by atoms with E-state index in [0.29, 0.717) is 18.3 Å². The smallest absolute Gasteiger partial charge is 0.136 e. The number of anilines is 1. The van der Waals surface area contributed by atoms with E-state index in [9.17, 15) is 4.39 Å². The average molecular weight is 651 g/mol. The molecule has 4 heteroatoms. The van der Waals surface area contributed by atoms with Crippen molar-refractivity contribution in [3.63, 3.8) is 0 Å². The number of fused-ring (bicyclic) bond motifs is 7. The summed E-state index contributed by atoms with van der Waals surface area (Å²) in [5, 5.41) is 1.33. The van der Waals surface area contributed by atoms with Crippen LogP contribution in [-0.2, 0) is 12.8 Å². The summed E-state index contributed by atoms with van der Waals surface area (Å²) in [6.07, 6.45) is 37.3. The molecule has 0 fully saturated rings. The summed E-state index contributed by atoms with van der Waals surface area (Å²) in [6, 6.07) is 7.43. The molecule has 0 spiro atoms.